The number of aromatic hydroxyl groups is 1. The molecule has 7 rings (SSSR count). The molecule has 5 aromatic rings. The maximum atomic E-state index is 13.1. The molecule has 0 radical (unpaired) electrons. The molecule has 0 aliphatic carbocycles. The van der Waals surface area contributed by atoms with Crippen molar-refractivity contribution in [2.24, 2.45) is 0 Å². The van der Waals surface area contributed by atoms with Gasteiger partial charge in [-0.1, -0.05) is 84.9 Å². The summed E-state index contributed by atoms with van der Waals surface area (Å²) in [5, 5.41) is 101. The van der Waals surface area contributed by atoms with Crippen LogP contribution >= 0.6 is 23.5 Å². The lowest BCUT2D eigenvalue weighted by atomic mass is 9.88. The first-order chi connectivity index (χ1) is 45.0. The number of hydrogen-bond donors (Lipinski definition) is 13. The number of aliphatic hydroxyl groups excluding tert-OH is 6. The highest BCUT2D eigenvalue weighted by molar-refractivity contribution is 7.99. The van der Waals surface area contributed by atoms with Crippen LogP contribution < -0.4 is 26.6 Å². The molecule has 2 aliphatic rings. The van der Waals surface area contributed by atoms with Crippen molar-refractivity contribution >= 4 is 71.1 Å². The van der Waals surface area contributed by atoms with Crippen LogP contribution in [-0.4, -0.2) is 217 Å². The third-order valence-corrected chi connectivity index (χ3v) is 17.9. The molecule has 0 unspecified atom stereocenters. The van der Waals surface area contributed by atoms with Gasteiger partial charge in [0.1, 0.15) is 30.2 Å². The number of Topliss-reactive ketones (excluding diaryl/α,β-unsaturated/α-hetero) is 1. The van der Waals surface area contributed by atoms with Crippen LogP contribution in [-0.2, 0) is 38.1 Å². The van der Waals surface area contributed by atoms with Gasteiger partial charge in [-0.15, -0.1) is 0 Å². The highest BCUT2D eigenvalue weighted by Crippen LogP contribution is 2.35. The number of hydrogen-bond acceptors (Lipinski definition) is 21. The van der Waals surface area contributed by atoms with Gasteiger partial charge in [-0.3, -0.25) is 33.6 Å². The Labute approximate surface area is 551 Å². The van der Waals surface area contributed by atoms with E-state index < -0.39 is 134 Å². The van der Waals surface area contributed by atoms with Gasteiger partial charge in [0, 0.05) is 75.2 Å². The van der Waals surface area contributed by atoms with E-state index in [-0.39, 0.29) is 60.8 Å². The number of aliphatic carboxylic acids is 1. The Morgan fingerprint density at radius 2 is 1.02 bits per heavy atom. The maximum absolute atomic E-state index is 13.1. The number of thioether (sulfide) groups is 2. The topological polar surface area (TPSA) is 395 Å². The van der Waals surface area contributed by atoms with Gasteiger partial charge in [0.25, 0.3) is 23.5 Å². The molecule has 25 nitrogen and oxygen atoms in total. The maximum Gasteiger partial charge on any atom is 0.364 e. The van der Waals surface area contributed by atoms with E-state index in [4.69, 9.17) is 18.9 Å². The van der Waals surface area contributed by atoms with Gasteiger partial charge in [0.15, 0.2) is 12.1 Å². The number of rotatable bonds is 35. The molecule has 0 aromatic heterocycles. The van der Waals surface area contributed by atoms with Gasteiger partial charge < -0.3 is 86.4 Å². The Bertz CT molecular complexity index is 3340. The summed E-state index contributed by atoms with van der Waals surface area (Å²) in [5.74, 6) is -7.89. The third kappa shape index (κ3) is 20.7. The fraction of sp³-hybridized carbons (Fsp3) is 0.433. The van der Waals surface area contributed by atoms with Gasteiger partial charge in [0.05, 0.1) is 55.3 Å². The number of carbonyl (C=O) groups excluding carboxylic acids is 7. The number of carbonyl (C=O) groups is 8. The lowest BCUT2D eigenvalue weighted by Gasteiger charge is -2.46. The van der Waals surface area contributed by atoms with Crippen molar-refractivity contribution in [3.63, 3.8) is 0 Å². The number of amides is 5. The molecule has 2 fully saturated rings. The molecule has 27 heteroatoms. The highest BCUT2D eigenvalue weighted by Gasteiger charge is 2.56. The minimum atomic E-state index is -2.50. The first-order valence-electron chi connectivity index (χ1n) is 30.7. The summed E-state index contributed by atoms with van der Waals surface area (Å²) in [7, 11) is 0. The lowest BCUT2D eigenvalue weighted by molar-refractivity contribution is -0.310. The van der Waals surface area contributed by atoms with E-state index in [1.54, 1.807) is 48.5 Å². The number of carboxylic acid groups (broad SMARTS) is 1. The third-order valence-electron chi connectivity index (χ3n) is 15.7. The Morgan fingerprint density at radius 3 is 1.51 bits per heavy atom. The highest BCUT2D eigenvalue weighted by atomic mass is 32.2. The Morgan fingerprint density at radius 1 is 0.574 bits per heavy atom. The van der Waals surface area contributed by atoms with E-state index in [0.717, 1.165) is 29.2 Å². The molecule has 2 aliphatic heterocycles. The van der Waals surface area contributed by atoms with Crippen molar-refractivity contribution in [1.29, 1.82) is 0 Å². The number of carboxylic acids is 1. The zero-order valence-electron chi connectivity index (χ0n) is 51.9. The van der Waals surface area contributed by atoms with Crippen molar-refractivity contribution in [2.75, 3.05) is 55.9 Å². The molecule has 2 saturated heterocycles. The predicted octanol–water partition coefficient (Wildman–Crippen LogP) is 2.99. The molecular weight excluding hydrogens is 1260 g/mol. The van der Waals surface area contributed by atoms with Crippen LogP contribution in [0.2, 0.25) is 0 Å². The van der Waals surface area contributed by atoms with Crippen molar-refractivity contribution in [1.82, 2.24) is 26.6 Å². The quantitative estimate of drug-likeness (QED) is 0.0157. The van der Waals surface area contributed by atoms with Crippen LogP contribution in [0, 0.1) is 0 Å². The van der Waals surface area contributed by atoms with E-state index in [9.17, 15) is 79.2 Å². The molecule has 2 heterocycles. The van der Waals surface area contributed by atoms with Crippen molar-refractivity contribution in [3.05, 3.63) is 150 Å². The first-order valence-corrected chi connectivity index (χ1v) is 33.0. The van der Waals surface area contributed by atoms with Crippen LogP contribution in [0.15, 0.2) is 127 Å². The summed E-state index contributed by atoms with van der Waals surface area (Å²) in [6.45, 7) is 1.35. The molecular formula is C67H81N5O20S2. The fourth-order valence-corrected chi connectivity index (χ4v) is 12.4. The average molecular weight is 1340 g/mol. The number of ketones is 1. The van der Waals surface area contributed by atoms with Crippen LogP contribution in [0.4, 0.5) is 0 Å². The molecule has 5 aromatic carbocycles. The van der Waals surface area contributed by atoms with E-state index >= 15 is 0 Å². The summed E-state index contributed by atoms with van der Waals surface area (Å²) in [4.78, 5) is 102. The zero-order chi connectivity index (χ0) is 68.0. The standard InChI is InChI=1S/C67H81N5O20S2/c1-40(74)71-56-52(78)35-66(39-73,91-60(56)58(82)54(80)37-69-62(84)46-21-17-44(18-22-46)42-12-5-3-6-13-42)89-28-10-32-94-33-27-68-64(86)48-25-26-49(51(77)34-48)50(76)16-9-30-93-31-11-29-90-67(65(87)88)36-53(79)57(72-41(2)75)61(92-67)59(83)55(81)38-70-63(85)47-23-19-45(20-24-47)43-14-7-4-8-15-43/h3-8,12-15,17-26,34,39,52-61,77-83H,9-11,16,27-33,35-38H2,1-2H3,(H,68,86)(H,69,84)(H,70,85)(H,71,74)(H,72,75)(H,87,88)/t52-,53-,54+,55+,56+,57+,58+,59+,60+,61+,66+,67+/m0/s1. The lowest BCUT2D eigenvalue weighted by Crippen LogP contribution is -2.68. The van der Waals surface area contributed by atoms with Crippen LogP contribution in [0.25, 0.3) is 22.3 Å². The molecule has 13 N–H and O–H groups in total. The number of aliphatic hydroxyl groups is 6. The first kappa shape index (κ1) is 73.8. The van der Waals surface area contributed by atoms with Crippen molar-refractivity contribution in [3.8, 4) is 28.0 Å². The molecule has 0 saturated carbocycles. The molecule has 12 atom stereocenters. The second-order valence-electron chi connectivity index (χ2n) is 22.7. The molecule has 0 bridgehead atoms. The molecule has 94 heavy (non-hydrogen) atoms. The van der Waals surface area contributed by atoms with E-state index in [0.29, 0.717) is 47.7 Å². The summed E-state index contributed by atoms with van der Waals surface area (Å²) in [6, 6.07) is 33.8. The van der Waals surface area contributed by atoms with E-state index in [1.807, 2.05) is 60.7 Å². The predicted molar refractivity (Wildman–Crippen MR) is 348 cm³/mol. The normalized spacial score (nSPS) is 22.3. The largest absolute Gasteiger partial charge is 0.507 e. The van der Waals surface area contributed by atoms with E-state index in [2.05, 4.69) is 26.6 Å². The van der Waals surface area contributed by atoms with Gasteiger partial charge >= 0.3 is 5.97 Å². The number of phenols is 1. The Hall–Kier alpha value is -7.64. The SMILES string of the molecule is CC(=O)N[C@H]1[C@H]([C@H](O)[C@H](O)CNC(=O)c2ccc(-c3ccccc3)cc2)O[C@](C=O)(OCCCSCCNC(=O)c2ccc(C(=O)CCCSCCCO[C@]3(C(=O)O)C[C@H](O)[C@@H](NC(C)=O)[C@H]([C@H](O)[C@H](O)CNC(=O)c4ccc(-c5ccccc5)cc4)O3)c(O)c2)C[C@@H]1O. The number of phenolic OH excluding ortho intramolecular Hbond substituents is 1. The Kier molecular flexibility index (Phi) is 28.1. The minimum Gasteiger partial charge on any atom is -0.507 e. The molecule has 5 amide bonds. The molecule has 506 valence electrons. The smallest absolute Gasteiger partial charge is 0.364 e. The van der Waals surface area contributed by atoms with Gasteiger partial charge in [0.2, 0.25) is 17.6 Å². The second-order valence-corrected chi connectivity index (χ2v) is 25.2. The van der Waals surface area contributed by atoms with Crippen LogP contribution in [0.3, 0.4) is 0 Å². The zero-order valence-corrected chi connectivity index (χ0v) is 53.5. The van der Waals surface area contributed by atoms with Crippen molar-refractivity contribution < 1.29 is 98.2 Å². The Balaban J connectivity index is 0.776. The fourth-order valence-electron chi connectivity index (χ4n) is 10.7. The van der Waals surface area contributed by atoms with E-state index in [1.165, 1.54) is 48.6 Å². The molecule has 0 spiro atoms. The van der Waals surface area contributed by atoms with Gasteiger partial charge in [-0.2, -0.15) is 23.5 Å². The summed E-state index contributed by atoms with van der Waals surface area (Å²) in [6.07, 6.45) is -13.1. The average Bonchev–Trinajstić information content (AvgIpc) is 0.779. The van der Waals surface area contributed by atoms with Gasteiger partial charge in [-0.25, -0.2) is 4.79 Å². The second kappa shape index (κ2) is 35.7. The number of nitrogens with one attached hydrogen (secondary N) is 5. The number of ether oxygens (including phenoxy) is 4. The van der Waals surface area contributed by atoms with Crippen molar-refractivity contribution in [2.45, 2.75) is 125 Å². The van der Waals surface area contributed by atoms with Crippen LogP contribution in [0.5, 0.6) is 5.75 Å². The van der Waals surface area contributed by atoms with Crippen LogP contribution in [0.1, 0.15) is 93.8 Å². The monoisotopic (exact) mass is 1340 g/mol. The number of aldehydes is 1. The number of benzene rings is 5. The minimum absolute atomic E-state index is 0.0249. The summed E-state index contributed by atoms with van der Waals surface area (Å²) < 4.78 is 23.4. The summed E-state index contributed by atoms with van der Waals surface area (Å²) >= 11 is 2.88. The summed E-state index contributed by atoms with van der Waals surface area (Å²) in [5.41, 5.74) is 4.35. The van der Waals surface area contributed by atoms with Gasteiger partial charge in [-0.05, 0) is 101 Å².